The van der Waals surface area contributed by atoms with E-state index in [1.165, 1.54) is 19.9 Å². The molecule has 7 heteroatoms. The van der Waals surface area contributed by atoms with E-state index in [4.69, 9.17) is 4.42 Å². The van der Waals surface area contributed by atoms with E-state index >= 15 is 0 Å². The van der Waals surface area contributed by atoms with Crippen molar-refractivity contribution in [3.05, 3.63) is 57.9 Å². The molecule has 2 aromatic carbocycles. The van der Waals surface area contributed by atoms with Crippen molar-refractivity contribution in [2.75, 3.05) is 0 Å². The number of phenolic OH excluding ortho intramolecular Hbond substituents is 2. The first-order valence-corrected chi connectivity index (χ1v) is 10.5. The van der Waals surface area contributed by atoms with Crippen molar-refractivity contribution in [3.63, 3.8) is 0 Å². The van der Waals surface area contributed by atoms with Crippen LogP contribution in [0.25, 0.3) is 22.1 Å². The molecular formula is C25H28O7. The number of aliphatic hydroxyl groups excluding tert-OH is 1. The Bertz CT molecular complexity index is 1200. The minimum Gasteiger partial charge on any atom is -0.507 e. The highest BCUT2D eigenvalue weighted by molar-refractivity contribution is 6.11. The summed E-state index contributed by atoms with van der Waals surface area (Å²) < 4.78 is 5.37. The van der Waals surface area contributed by atoms with E-state index in [-0.39, 0.29) is 28.5 Å². The molecule has 32 heavy (non-hydrogen) atoms. The fraction of sp³-hybridized carbons (Fsp3) is 0.360. The first kappa shape index (κ1) is 23.5. The summed E-state index contributed by atoms with van der Waals surface area (Å²) in [5, 5.41) is 43.0. The van der Waals surface area contributed by atoms with E-state index < -0.39 is 40.5 Å². The average Bonchev–Trinajstić information content (AvgIpc) is 2.75. The van der Waals surface area contributed by atoms with Gasteiger partial charge in [-0.2, -0.15) is 0 Å². The summed E-state index contributed by atoms with van der Waals surface area (Å²) in [5.74, 6) is -2.04. The fourth-order valence-electron chi connectivity index (χ4n) is 3.58. The van der Waals surface area contributed by atoms with Crippen LogP contribution in [0.5, 0.6) is 11.5 Å². The Morgan fingerprint density at radius 2 is 1.75 bits per heavy atom. The van der Waals surface area contributed by atoms with Gasteiger partial charge in [-0.3, -0.25) is 4.79 Å². The molecule has 170 valence electrons. The number of fused-ring (bicyclic) bond motifs is 1. The minimum absolute atomic E-state index is 0.0334. The third kappa shape index (κ3) is 4.26. The lowest BCUT2D eigenvalue weighted by Gasteiger charge is -2.26. The Labute approximate surface area is 185 Å². The van der Waals surface area contributed by atoms with Crippen LogP contribution in [0, 0.1) is 5.92 Å². The highest BCUT2D eigenvalue weighted by Gasteiger charge is 2.33. The average molecular weight is 440 g/mol. The number of aliphatic hydroxyl groups is 2. The smallest absolute Gasteiger partial charge is 0.336 e. The largest absolute Gasteiger partial charge is 0.507 e. The number of phenols is 2. The van der Waals surface area contributed by atoms with Gasteiger partial charge in [-0.15, -0.1) is 0 Å². The highest BCUT2D eigenvalue weighted by atomic mass is 16.4. The van der Waals surface area contributed by atoms with Gasteiger partial charge in [0.1, 0.15) is 22.6 Å². The van der Waals surface area contributed by atoms with E-state index in [2.05, 4.69) is 0 Å². The Morgan fingerprint density at radius 1 is 1.12 bits per heavy atom. The summed E-state index contributed by atoms with van der Waals surface area (Å²) in [4.78, 5) is 25.5. The number of aromatic hydroxyl groups is 2. The molecule has 0 fully saturated rings. The van der Waals surface area contributed by atoms with Crippen molar-refractivity contribution < 1.29 is 29.6 Å². The van der Waals surface area contributed by atoms with Crippen molar-refractivity contribution in [1.82, 2.24) is 0 Å². The summed E-state index contributed by atoms with van der Waals surface area (Å²) in [6, 6.07) is 10.0. The van der Waals surface area contributed by atoms with Gasteiger partial charge in [0, 0.05) is 29.5 Å². The van der Waals surface area contributed by atoms with Crippen LogP contribution in [-0.2, 0) is 6.42 Å². The molecule has 0 aliphatic rings. The zero-order valence-corrected chi connectivity index (χ0v) is 18.5. The van der Waals surface area contributed by atoms with E-state index in [1.54, 1.807) is 37.3 Å². The number of Topliss-reactive ketones (excluding diaryl/α,β-unsaturated/α-hetero) is 1. The predicted molar refractivity (Wildman–Crippen MR) is 121 cm³/mol. The fourth-order valence-corrected chi connectivity index (χ4v) is 3.58. The molecule has 2 unspecified atom stereocenters. The topological polar surface area (TPSA) is 128 Å². The van der Waals surface area contributed by atoms with Crippen LogP contribution in [0.1, 0.15) is 50.0 Å². The van der Waals surface area contributed by atoms with Crippen LogP contribution >= 0.6 is 0 Å². The number of benzene rings is 2. The molecule has 3 rings (SSSR count). The Morgan fingerprint density at radius 3 is 2.31 bits per heavy atom. The van der Waals surface area contributed by atoms with Gasteiger partial charge < -0.3 is 24.8 Å². The molecule has 0 radical (unpaired) electrons. The molecule has 0 bridgehead atoms. The standard InChI is InChI=1S/C25H28O7/c1-5-13(2)21(28)20-22(29)16(11-17(26)25(3,4)31)24-19(23(20)30)15(12-18(27)32-24)14-9-7-6-8-10-14/h6-10,12-13,17,26,29-31H,5,11H2,1-4H3. The molecule has 0 aliphatic heterocycles. The second kappa shape index (κ2) is 8.76. The minimum atomic E-state index is -1.53. The van der Waals surface area contributed by atoms with E-state index in [1.807, 2.05) is 6.92 Å². The molecule has 7 nitrogen and oxygen atoms in total. The zero-order chi connectivity index (χ0) is 23.8. The maximum atomic E-state index is 13.1. The van der Waals surface area contributed by atoms with Crippen molar-refractivity contribution in [1.29, 1.82) is 0 Å². The van der Waals surface area contributed by atoms with Crippen molar-refractivity contribution >= 4 is 16.8 Å². The number of hydrogen-bond acceptors (Lipinski definition) is 7. The molecule has 0 spiro atoms. The number of rotatable bonds is 7. The number of ketones is 1. The number of hydrogen-bond donors (Lipinski definition) is 4. The molecule has 1 aromatic heterocycles. The van der Waals surface area contributed by atoms with Crippen LogP contribution in [0.15, 0.2) is 45.6 Å². The first-order valence-electron chi connectivity index (χ1n) is 10.5. The van der Waals surface area contributed by atoms with E-state index in [0.29, 0.717) is 17.5 Å². The maximum Gasteiger partial charge on any atom is 0.336 e. The molecule has 0 aliphatic carbocycles. The van der Waals surface area contributed by atoms with E-state index in [0.717, 1.165) is 0 Å². The van der Waals surface area contributed by atoms with Crippen molar-refractivity contribution in [2.24, 2.45) is 5.92 Å². The second-order valence-corrected chi connectivity index (χ2v) is 8.65. The molecule has 3 aromatic rings. The predicted octanol–water partition coefficient (Wildman–Crippen LogP) is 3.77. The monoisotopic (exact) mass is 440 g/mol. The Hall–Kier alpha value is -3.16. The van der Waals surface area contributed by atoms with Gasteiger partial charge in [-0.25, -0.2) is 4.79 Å². The van der Waals surface area contributed by atoms with Gasteiger partial charge in [0.2, 0.25) is 0 Å². The normalized spacial score (nSPS) is 13.8. The first-order chi connectivity index (χ1) is 15.0. The van der Waals surface area contributed by atoms with Gasteiger partial charge in [-0.05, 0) is 25.8 Å². The molecule has 4 N–H and O–H groups in total. The summed E-state index contributed by atoms with van der Waals surface area (Å²) in [5.41, 5.74) is -1.81. The van der Waals surface area contributed by atoms with Gasteiger partial charge >= 0.3 is 5.63 Å². The molecule has 1 heterocycles. The maximum absolute atomic E-state index is 13.1. The lowest BCUT2D eigenvalue weighted by atomic mass is 9.87. The summed E-state index contributed by atoms with van der Waals surface area (Å²) in [6.45, 7) is 6.29. The third-order valence-electron chi connectivity index (χ3n) is 5.84. The summed E-state index contributed by atoms with van der Waals surface area (Å²) in [6.07, 6.45) is -1.18. The quantitative estimate of drug-likeness (QED) is 0.325. The SMILES string of the molecule is CCC(C)C(=O)c1c(O)c(CC(O)C(C)(C)O)c2oc(=O)cc(-c3ccccc3)c2c1O. The molecule has 2 atom stereocenters. The van der Waals surface area contributed by atoms with E-state index in [9.17, 15) is 30.0 Å². The number of carbonyl (C=O) groups excluding carboxylic acids is 1. The van der Waals surface area contributed by atoms with Crippen LogP contribution < -0.4 is 5.63 Å². The van der Waals surface area contributed by atoms with Gasteiger partial charge in [0.25, 0.3) is 0 Å². The Kier molecular flexibility index (Phi) is 6.44. The van der Waals surface area contributed by atoms with Crippen LogP contribution in [0.2, 0.25) is 0 Å². The lowest BCUT2D eigenvalue weighted by molar-refractivity contribution is -0.0470. The van der Waals surface area contributed by atoms with Crippen LogP contribution in [0.4, 0.5) is 0 Å². The van der Waals surface area contributed by atoms with Crippen molar-refractivity contribution in [2.45, 2.75) is 52.2 Å². The van der Waals surface area contributed by atoms with Gasteiger partial charge in [-0.1, -0.05) is 44.2 Å². The molecule has 0 saturated heterocycles. The van der Waals surface area contributed by atoms with Gasteiger partial charge in [0.15, 0.2) is 5.78 Å². The summed E-state index contributed by atoms with van der Waals surface area (Å²) >= 11 is 0. The second-order valence-electron chi connectivity index (χ2n) is 8.65. The molecule has 0 saturated carbocycles. The lowest BCUT2D eigenvalue weighted by Crippen LogP contribution is -2.37. The number of carbonyl (C=O) groups is 1. The van der Waals surface area contributed by atoms with Gasteiger partial charge in [0.05, 0.1) is 17.1 Å². The van der Waals surface area contributed by atoms with Crippen LogP contribution in [-0.4, -0.2) is 37.9 Å². The zero-order valence-electron chi connectivity index (χ0n) is 18.5. The molecule has 0 amide bonds. The molecular weight excluding hydrogens is 412 g/mol. The Balaban J connectivity index is 2.47. The van der Waals surface area contributed by atoms with Crippen LogP contribution in [0.3, 0.4) is 0 Å². The highest BCUT2D eigenvalue weighted by Crippen LogP contribution is 2.45. The summed E-state index contributed by atoms with van der Waals surface area (Å²) in [7, 11) is 0. The third-order valence-corrected chi connectivity index (χ3v) is 5.84. The van der Waals surface area contributed by atoms with Crippen molar-refractivity contribution in [3.8, 4) is 22.6 Å².